The predicted octanol–water partition coefficient (Wildman–Crippen LogP) is 1.33. The number of aldehydes is 1. The molecule has 1 rings (SSSR count). The van der Waals surface area contributed by atoms with E-state index in [1.54, 1.807) is 0 Å². The van der Waals surface area contributed by atoms with Gasteiger partial charge in [0.1, 0.15) is 13.1 Å². The maximum atomic E-state index is 12.1. The largest absolute Gasteiger partial charge is 0.468 e. The number of carbonyl (C=O) groups is 3. The third-order valence-corrected chi connectivity index (χ3v) is 4.79. The summed E-state index contributed by atoms with van der Waals surface area (Å²) in [5.41, 5.74) is -0.675. The van der Waals surface area contributed by atoms with Crippen LogP contribution in [0.1, 0.15) is 32.6 Å². The number of ether oxygens (including phenoxy) is 4. The minimum atomic E-state index is -1.07. The van der Waals surface area contributed by atoms with Gasteiger partial charge in [-0.3, -0.25) is 9.59 Å². The lowest BCUT2D eigenvalue weighted by molar-refractivity contribution is -0.180. The Labute approximate surface area is 136 Å². The average molecular weight is 330 g/mol. The number of hydrogen-bond donors (Lipinski definition) is 0. The zero-order valence-corrected chi connectivity index (χ0v) is 14.2. The van der Waals surface area contributed by atoms with Crippen molar-refractivity contribution in [3.63, 3.8) is 0 Å². The van der Waals surface area contributed by atoms with Crippen LogP contribution in [-0.2, 0) is 33.3 Å². The summed E-state index contributed by atoms with van der Waals surface area (Å²) in [5, 5.41) is 0. The van der Waals surface area contributed by atoms with Gasteiger partial charge in [0.2, 0.25) is 0 Å². The second-order valence-electron chi connectivity index (χ2n) is 6.00. The van der Waals surface area contributed by atoms with Gasteiger partial charge in [0.25, 0.3) is 0 Å². The number of esters is 2. The van der Waals surface area contributed by atoms with Gasteiger partial charge in [-0.1, -0.05) is 13.3 Å². The third-order valence-electron chi connectivity index (χ3n) is 4.79. The molecule has 0 saturated heterocycles. The van der Waals surface area contributed by atoms with Crippen LogP contribution in [0.25, 0.3) is 0 Å². The Morgan fingerprint density at radius 3 is 2.26 bits per heavy atom. The number of rotatable bonds is 8. The summed E-state index contributed by atoms with van der Waals surface area (Å²) in [6.07, 6.45) is 2.82. The summed E-state index contributed by atoms with van der Waals surface area (Å²) >= 11 is 0. The molecule has 0 unspecified atom stereocenters. The van der Waals surface area contributed by atoms with Crippen LogP contribution in [-0.4, -0.2) is 52.5 Å². The first-order chi connectivity index (χ1) is 11.0. The van der Waals surface area contributed by atoms with Crippen LogP contribution in [0.15, 0.2) is 0 Å². The van der Waals surface area contributed by atoms with Crippen molar-refractivity contribution >= 4 is 18.2 Å². The molecule has 7 heteroatoms. The molecule has 0 spiro atoms. The van der Waals surface area contributed by atoms with Gasteiger partial charge in [0.05, 0.1) is 20.3 Å². The van der Waals surface area contributed by atoms with Gasteiger partial charge < -0.3 is 23.7 Å². The maximum absolute atomic E-state index is 12.1. The SMILES string of the molecule is COCO[C@@H]1CCC[C@H](C(C(=O)OC)C(=O)OC)[C@@]1(C)CC=O. The topological polar surface area (TPSA) is 88.1 Å². The van der Waals surface area contributed by atoms with Crippen LogP contribution < -0.4 is 0 Å². The quantitative estimate of drug-likeness (QED) is 0.287. The standard InChI is InChI=1S/C16H26O7/c1-16(8-9-17)11(6-5-7-12(16)23-10-20-2)13(14(18)21-3)15(19)22-4/h9,11-13H,5-8,10H2,1-4H3/t11-,12-,16-/m1/s1. The van der Waals surface area contributed by atoms with Crippen molar-refractivity contribution in [1.82, 2.24) is 0 Å². The van der Waals surface area contributed by atoms with E-state index < -0.39 is 29.2 Å². The van der Waals surface area contributed by atoms with Gasteiger partial charge in [-0.25, -0.2) is 0 Å². The highest BCUT2D eigenvalue weighted by molar-refractivity contribution is 5.95. The first-order valence-corrected chi connectivity index (χ1v) is 7.66. The van der Waals surface area contributed by atoms with Gasteiger partial charge in [-0.15, -0.1) is 0 Å². The van der Waals surface area contributed by atoms with Crippen molar-refractivity contribution in [1.29, 1.82) is 0 Å². The fraction of sp³-hybridized carbons (Fsp3) is 0.812. The van der Waals surface area contributed by atoms with Crippen molar-refractivity contribution in [3.05, 3.63) is 0 Å². The van der Waals surface area contributed by atoms with E-state index in [2.05, 4.69) is 0 Å². The summed E-state index contributed by atoms with van der Waals surface area (Å²) in [4.78, 5) is 35.5. The second kappa shape index (κ2) is 8.98. The predicted molar refractivity (Wildman–Crippen MR) is 80.4 cm³/mol. The molecule has 7 nitrogen and oxygen atoms in total. The van der Waals surface area contributed by atoms with Crippen LogP contribution in [0.5, 0.6) is 0 Å². The van der Waals surface area contributed by atoms with E-state index >= 15 is 0 Å². The lowest BCUT2D eigenvalue weighted by Gasteiger charge is -2.47. The molecule has 0 aliphatic heterocycles. The van der Waals surface area contributed by atoms with Crippen LogP contribution >= 0.6 is 0 Å². The fourth-order valence-corrected chi connectivity index (χ4v) is 3.53. The molecule has 1 aliphatic carbocycles. The monoisotopic (exact) mass is 330 g/mol. The van der Waals surface area contributed by atoms with Crippen LogP contribution in [0, 0.1) is 17.3 Å². The molecule has 1 fully saturated rings. The van der Waals surface area contributed by atoms with Gasteiger partial charge in [0, 0.05) is 18.9 Å². The minimum Gasteiger partial charge on any atom is -0.468 e. The molecule has 0 heterocycles. The van der Waals surface area contributed by atoms with E-state index in [0.29, 0.717) is 6.42 Å². The van der Waals surface area contributed by atoms with E-state index in [-0.39, 0.29) is 19.3 Å². The van der Waals surface area contributed by atoms with Crippen molar-refractivity contribution in [2.75, 3.05) is 28.1 Å². The summed E-state index contributed by atoms with van der Waals surface area (Å²) in [6.45, 7) is 1.96. The van der Waals surface area contributed by atoms with Crippen molar-refractivity contribution in [2.24, 2.45) is 17.3 Å². The van der Waals surface area contributed by atoms with Crippen LogP contribution in [0.3, 0.4) is 0 Å². The molecule has 0 radical (unpaired) electrons. The summed E-state index contributed by atoms with van der Waals surface area (Å²) in [7, 11) is 3.98. The first kappa shape index (κ1) is 19.6. The lowest BCUT2D eigenvalue weighted by Crippen LogP contribution is -2.51. The number of carbonyl (C=O) groups excluding carboxylic acids is 3. The molecule has 3 atom stereocenters. The van der Waals surface area contributed by atoms with Crippen LogP contribution in [0.4, 0.5) is 0 Å². The highest BCUT2D eigenvalue weighted by Crippen LogP contribution is 2.48. The Morgan fingerprint density at radius 2 is 1.78 bits per heavy atom. The molecule has 23 heavy (non-hydrogen) atoms. The summed E-state index contributed by atoms with van der Waals surface area (Å²) in [6, 6.07) is 0. The van der Waals surface area contributed by atoms with E-state index in [1.165, 1.54) is 21.3 Å². The van der Waals surface area contributed by atoms with Crippen LogP contribution in [0.2, 0.25) is 0 Å². The van der Waals surface area contributed by atoms with Gasteiger partial charge in [-0.2, -0.15) is 0 Å². The average Bonchev–Trinajstić information content (AvgIpc) is 2.55. The van der Waals surface area contributed by atoms with Gasteiger partial charge in [-0.05, 0) is 18.8 Å². The Morgan fingerprint density at radius 1 is 1.17 bits per heavy atom. The summed E-state index contributed by atoms with van der Waals surface area (Å²) < 4.78 is 20.2. The zero-order valence-electron chi connectivity index (χ0n) is 14.2. The second-order valence-corrected chi connectivity index (χ2v) is 6.00. The molecule has 0 amide bonds. The Kier molecular flexibility index (Phi) is 7.64. The maximum Gasteiger partial charge on any atom is 0.320 e. The van der Waals surface area contributed by atoms with E-state index in [4.69, 9.17) is 18.9 Å². The summed E-state index contributed by atoms with van der Waals surface area (Å²) in [5.74, 6) is -2.76. The normalized spacial score (nSPS) is 27.5. The fourth-order valence-electron chi connectivity index (χ4n) is 3.53. The Balaban J connectivity index is 3.18. The highest BCUT2D eigenvalue weighted by Gasteiger charge is 2.52. The van der Waals surface area contributed by atoms with E-state index in [9.17, 15) is 14.4 Å². The van der Waals surface area contributed by atoms with Gasteiger partial charge >= 0.3 is 11.9 Å². The van der Waals surface area contributed by atoms with Crippen molar-refractivity contribution in [2.45, 2.75) is 38.7 Å². The molecule has 1 aliphatic rings. The highest BCUT2D eigenvalue weighted by atomic mass is 16.7. The number of methoxy groups -OCH3 is 3. The molecular formula is C16H26O7. The first-order valence-electron chi connectivity index (χ1n) is 7.66. The van der Waals surface area contributed by atoms with E-state index in [0.717, 1.165) is 19.1 Å². The molecule has 132 valence electrons. The molecule has 0 N–H and O–H groups in total. The molecule has 0 aromatic heterocycles. The third kappa shape index (κ3) is 4.29. The Bertz CT molecular complexity index is 407. The molecule has 0 bridgehead atoms. The lowest BCUT2D eigenvalue weighted by atomic mass is 9.59. The molecule has 0 aromatic rings. The zero-order chi connectivity index (χ0) is 17.5. The minimum absolute atomic E-state index is 0.0902. The number of hydrogen-bond acceptors (Lipinski definition) is 7. The smallest absolute Gasteiger partial charge is 0.320 e. The molecule has 0 aromatic carbocycles. The molecular weight excluding hydrogens is 304 g/mol. The van der Waals surface area contributed by atoms with E-state index in [1.807, 2.05) is 6.92 Å². The Hall–Kier alpha value is -1.47. The van der Waals surface area contributed by atoms with Crippen molar-refractivity contribution < 1.29 is 33.3 Å². The van der Waals surface area contributed by atoms with Gasteiger partial charge in [0.15, 0.2) is 5.92 Å². The molecule has 1 saturated carbocycles. The van der Waals surface area contributed by atoms with Crippen molar-refractivity contribution in [3.8, 4) is 0 Å².